The summed E-state index contributed by atoms with van der Waals surface area (Å²) in [7, 11) is 0. The van der Waals surface area contributed by atoms with E-state index < -0.39 is 0 Å². The van der Waals surface area contributed by atoms with E-state index in [1.54, 1.807) is 0 Å². The molecule has 0 atom stereocenters. The molecule has 0 saturated carbocycles. The van der Waals surface area contributed by atoms with Crippen LogP contribution in [0.15, 0.2) is 91.0 Å². The largest absolute Gasteiger partial charge is 0.335 e. The maximum atomic E-state index is 2.53. The van der Waals surface area contributed by atoms with Gasteiger partial charge >= 0.3 is 0 Å². The number of para-hydroxylation sites is 1. The molecule has 5 rings (SSSR count). The molecule has 33 heavy (non-hydrogen) atoms. The van der Waals surface area contributed by atoms with Crippen LogP contribution in [-0.4, -0.2) is 5.54 Å². The Morgan fingerprint density at radius 3 is 1.91 bits per heavy atom. The van der Waals surface area contributed by atoms with Gasteiger partial charge in [-0.3, -0.25) is 0 Å². The smallest absolute Gasteiger partial charge is 0.0495 e. The molecule has 166 valence electrons. The second kappa shape index (κ2) is 7.63. The summed E-state index contributed by atoms with van der Waals surface area (Å²) in [5.74, 6) is 0. The fourth-order valence-electron chi connectivity index (χ4n) is 5.58. The zero-order valence-electron chi connectivity index (χ0n) is 20.6. The van der Waals surface area contributed by atoms with Crippen molar-refractivity contribution in [3.8, 4) is 22.3 Å². The first-order valence-electron chi connectivity index (χ1n) is 11.9. The van der Waals surface area contributed by atoms with Gasteiger partial charge in [-0.25, -0.2) is 0 Å². The molecule has 0 unspecified atom stereocenters. The topological polar surface area (TPSA) is 3.24 Å². The number of rotatable bonds is 3. The van der Waals surface area contributed by atoms with Gasteiger partial charge in [0.2, 0.25) is 0 Å². The van der Waals surface area contributed by atoms with Gasteiger partial charge in [-0.15, -0.1) is 0 Å². The molecule has 0 amide bonds. The SMILES string of the molecule is Cc1c(N(c2ccccc2-c2ccccc2)C(C)(C)C)ccc2c1-c1ccccc1C2(C)C. The van der Waals surface area contributed by atoms with Crippen molar-refractivity contribution in [1.29, 1.82) is 0 Å². The van der Waals surface area contributed by atoms with E-state index in [4.69, 9.17) is 0 Å². The van der Waals surface area contributed by atoms with Gasteiger partial charge in [0.05, 0.1) is 0 Å². The first-order valence-corrected chi connectivity index (χ1v) is 11.9. The van der Waals surface area contributed by atoms with Gasteiger partial charge in [0.1, 0.15) is 0 Å². The normalized spacial score (nSPS) is 14.0. The standard InChI is InChI=1S/C32H33N/c1-22-28(21-20-27-30(22)25-17-10-12-18-26(25)32(27,5)6)33(31(2,3)4)29-19-13-11-16-24(29)23-14-8-7-9-15-23/h7-21H,1-6H3. The van der Waals surface area contributed by atoms with Gasteiger partial charge in [0.25, 0.3) is 0 Å². The minimum atomic E-state index is -0.0997. The number of benzene rings is 4. The van der Waals surface area contributed by atoms with Gasteiger partial charge in [-0.2, -0.15) is 0 Å². The van der Waals surface area contributed by atoms with Crippen LogP contribution < -0.4 is 4.90 Å². The lowest BCUT2D eigenvalue weighted by Gasteiger charge is -2.40. The Morgan fingerprint density at radius 2 is 1.21 bits per heavy atom. The van der Waals surface area contributed by atoms with Crippen molar-refractivity contribution >= 4 is 11.4 Å². The average molecular weight is 432 g/mol. The van der Waals surface area contributed by atoms with Crippen LogP contribution in [0.4, 0.5) is 11.4 Å². The third-order valence-corrected chi connectivity index (χ3v) is 7.12. The quantitative estimate of drug-likeness (QED) is 0.313. The third-order valence-electron chi connectivity index (χ3n) is 7.12. The molecule has 0 radical (unpaired) electrons. The Hall–Kier alpha value is -3.32. The summed E-state index contributed by atoms with van der Waals surface area (Å²) in [5.41, 5.74) is 11.9. The second-order valence-electron chi connectivity index (χ2n) is 10.7. The Morgan fingerprint density at radius 1 is 0.606 bits per heavy atom. The number of hydrogen-bond donors (Lipinski definition) is 0. The molecule has 1 aliphatic carbocycles. The first-order chi connectivity index (χ1) is 15.7. The van der Waals surface area contributed by atoms with E-state index in [0.717, 1.165) is 0 Å². The van der Waals surface area contributed by atoms with E-state index >= 15 is 0 Å². The Balaban J connectivity index is 1.76. The van der Waals surface area contributed by atoms with Crippen LogP contribution in [0.1, 0.15) is 51.3 Å². The summed E-state index contributed by atoms with van der Waals surface area (Å²) < 4.78 is 0. The Kier molecular flexibility index (Phi) is 4.97. The Bertz CT molecular complexity index is 1320. The van der Waals surface area contributed by atoms with E-state index in [1.807, 2.05) is 0 Å². The minimum absolute atomic E-state index is 0.0176. The molecule has 4 aromatic rings. The number of nitrogens with zero attached hydrogens (tertiary/aromatic N) is 1. The van der Waals surface area contributed by atoms with E-state index in [2.05, 4.69) is 137 Å². The molecular formula is C32H33N. The van der Waals surface area contributed by atoms with Crippen LogP contribution in [0, 0.1) is 6.92 Å². The van der Waals surface area contributed by atoms with Crippen molar-refractivity contribution in [2.75, 3.05) is 4.90 Å². The first kappa shape index (κ1) is 21.5. The Labute approximate surface area is 198 Å². The van der Waals surface area contributed by atoms with E-state index in [9.17, 15) is 0 Å². The highest BCUT2D eigenvalue weighted by molar-refractivity contribution is 5.90. The molecular weight excluding hydrogens is 398 g/mol. The van der Waals surface area contributed by atoms with E-state index in [1.165, 1.54) is 50.3 Å². The molecule has 0 saturated heterocycles. The summed E-state index contributed by atoms with van der Waals surface area (Å²) in [6.07, 6.45) is 0. The molecule has 0 aromatic heterocycles. The van der Waals surface area contributed by atoms with Crippen LogP contribution >= 0.6 is 0 Å². The fraction of sp³-hybridized carbons (Fsp3) is 0.250. The molecule has 0 heterocycles. The molecule has 0 spiro atoms. The van der Waals surface area contributed by atoms with Crippen LogP contribution in [0.2, 0.25) is 0 Å². The predicted octanol–water partition coefficient (Wildman–Crippen LogP) is 8.90. The zero-order chi connectivity index (χ0) is 23.4. The summed E-state index contributed by atoms with van der Waals surface area (Å²) >= 11 is 0. The molecule has 4 aromatic carbocycles. The molecule has 1 nitrogen and oxygen atoms in total. The van der Waals surface area contributed by atoms with Gasteiger partial charge in [-0.05, 0) is 73.2 Å². The van der Waals surface area contributed by atoms with Crippen LogP contribution in [-0.2, 0) is 5.41 Å². The average Bonchev–Trinajstić information content (AvgIpc) is 3.03. The van der Waals surface area contributed by atoms with Crippen LogP contribution in [0.5, 0.6) is 0 Å². The van der Waals surface area contributed by atoms with Crippen molar-refractivity contribution < 1.29 is 0 Å². The summed E-state index contributed by atoms with van der Waals surface area (Å²) in [4.78, 5) is 2.53. The van der Waals surface area contributed by atoms with Crippen LogP contribution in [0.3, 0.4) is 0 Å². The van der Waals surface area contributed by atoms with Crippen molar-refractivity contribution in [3.05, 3.63) is 108 Å². The lowest BCUT2D eigenvalue weighted by atomic mass is 9.82. The molecule has 1 heteroatoms. The van der Waals surface area contributed by atoms with Crippen molar-refractivity contribution in [2.24, 2.45) is 0 Å². The summed E-state index contributed by atoms with van der Waals surface area (Å²) in [6.45, 7) is 13.9. The minimum Gasteiger partial charge on any atom is -0.335 e. The third kappa shape index (κ3) is 3.38. The highest BCUT2D eigenvalue weighted by Crippen LogP contribution is 2.53. The van der Waals surface area contributed by atoms with Crippen molar-refractivity contribution in [2.45, 2.75) is 52.5 Å². The molecule has 1 aliphatic rings. The fourth-order valence-corrected chi connectivity index (χ4v) is 5.58. The summed E-state index contributed by atoms with van der Waals surface area (Å²) in [5, 5.41) is 0. The van der Waals surface area contributed by atoms with Crippen molar-refractivity contribution in [3.63, 3.8) is 0 Å². The molecule has 0 aliphatic heterocycles. The molecule has 0 bridgehead atoms. The van der Waals surface area contributed by atoms with E-state index in [0.29, 0.717) is 0 Å². The second-order valence-corrected chi connectivity index (χ2v) is 10.7. The number of fused-ring (bicyclic) bond motifs is 3. The van der Waals surface area contributed by atoms with Crippen LogP contribution in [0.25, 0.3) is 22.3 Å². The monoisotopic (exact) mass is 431 g/mol. The lowest BCUT2D eigenvalue weighted by Crippen LogP contribution is -2.38. The van der Waals surface area contributed by atoms with E-state index in [-0.39, 0.29) is 11.0 Å². The zero-order valence-corrected chi connectivity index (χ0v) is 20.6. The molecule has 0 fully saturated rings. The highest BCUT2D eigenvalue weighted by Gasteiger charge is 2.38. The highest BCUT2D eigenvalue weighted by atomic mass is 15.2. The van der Waals surface area contributed by atoms with Gasteiger partial charge in [0, 0.05) is 27.9 Å². The number of anilines is 2. The lowest BCUT2D eigenvalue weighted by molar-refractivity contribution is 0.559. The van der Waals surface area contributed by atoms with Gasteiger partial charge in [-0.1, -0.05) is 92.7 Å². The summed E-state index contributed by atoms with van der Waals surface area (Å²) in [6, 6.07) is 33.1. The maximum Gasteiger partial charge on any atom is 0.0495 e. The molecule has 0 N–H and O–H groups in total. The van der Waals surface area contributed by atoms with Gasteiger partial charge in [0.15, 0.2) is 0 Å². The predicted molar refractivity (Wildman–Crippen MR) is 143 cm³/mol. The maximum absolute atomic E-state index is 2.53. The van der Waals surface area contributed by atoms with Gasteiger partial charge < -0.3 is 4.90 Å². The number of hydrogen-bond acceptors (Lipinski definition) is 1. The van der Waals surface area contributed by atoms with Crippen molar-refractivity contribution in [1.82, 2.24) is 0 Å².